The molecule has 1 N–H and O–H groups in total. The summed E-state index contributed by atoms with van der Waals surface area (Å²) in [4.78, 5) is 24.4. The topological polar surface area (TPSA) is 120 Å². The number of carbonyl (C=O) groups is 2. The summed E-state index contributed by atoms with van der Waals surface area (Å²) >= 11 is 0. The Bertz CT molecular complexity index is 1230. The average Bonchev–Trinajstić information content (AvgIpc) is 3.44. The molecule has 2 aliphatic rings. The number of halogens is 2. The molecule has 0 bridgehead atoms. The van der Waals surface area contributed by atoms with Crippen LogP contribution in [0.2, 0.25) is 0 Å². The largest absolute Gasteiger partial charge is 0.586 e. The molecule has 2 heterocycles. The van der Waals surface area contributed by atoms with Gasteiger partial charge in [0.2, 0.25) is 10.0 Å². The van der Waals surface area contributed by atoms with Crippen LogP contribution >= 0.6 is 0 Å². The summed E-state index contributed by atoms with van der Waals surface area (Å²) in [5.41, 5.74) is 0.0289. The second-order valence-electron chi connectivity index (χ2n) is 7.43. The van der Waals surface area contributed by atoms with Gasteiger partial charge in [-0.2, -0.15) is 4.31 Å². The van der Waals surface area contributed by atoms with Crippen molar-refractivity contribution < 1.29 is 45.7 Å². The maximum absolute atomic E-state index is 13.1. The number of nitrogens with zero attached hydrogens (tertiary/aromatic N) is 1. The second-order valence-corrected chi connectivity index (χ2v) is 9.34. The van der Waals surface area contributed by atoms with Crippen LogP contribution in [0.25, 0.3) is 0 Å². The molecule has 1 amide bonds. The fourth-order valence-electron chi connectivity index (χ4n) is 3.51. The van der Waals surface area contributed by atoms with Crippen molar-refractivity contribution in [1.82, 2.24) is 4.31 Å². The SMILES string of the molecule is COc1ccc(C(=O)OCC(=O)Nc2ccc3c(c2)OC(F)(F)O3)cc1S(=O)(=O)N1CCCC1. The number of fused-ring (bicyclic) bond motifs is 1. The monoisotopic (exact) mass is 498 g/mol. The van der Waals surface area contributed by atoms with Gasteiger partial charge in [0.15, 0.2) is 18.1 Å². The molecule has 0 aromatic heterocycles. The first-order chi connectivity index (χ1) is 16.1. The molecule has 0 radical (unpaired) electrons. The first kappa shape index (κ1) is 23.7. The fourth-order valence-corrected chi connectivity index (χ4v) is 5.21. The number of esters is 1. The normalized spacial score (nSPS) is 16.8. The Balaban J connectivity index is 1.41. The zero-order valence-electron chi connectivity index (χ0n) is 17.9. The van der Waals surface area contributed by atoms with E-state index in [0.717, 1.165) is 25.0 Å². The summed E-state index contributed by atoms with van der Waals surface area (Å²) in [7, 11) is -2.56. The molecular formula is C21H20F2N2O8S. The van der Waals surface area contributed by atoms with Crippen LogP contribution in [0.1, 0.15) is 23.2 Å². The average molecular weight is 498 g/mol. The molecule has 2 aliphatic heterocycles. The Kier molecular flexibility index (Phi) is 6.32. The number of alkyl halides is 2. The number of methoxy groups -OCH3 is 1. The Morgan fingerprint density at radius 2 is 1.79 bits per heavy atom. The smallest absolute Gasteiger partial charge is 0.495 e. The third kappa shape index (κ3) is 4.89. The molecule has 4 rings (SSSR count). The lowest BCUT2D eigenvalue weighted by atomic mass is 10.2. The highest BCUT2D eigenvalue weighted by atomic mass is 32.2. The molecule has 2 aromatic carbocycles. The van der Waals surface area contributed by atoms with Crippen molar-refractivity contribution >= 4 is 27.6 Å². The van der Waals surface area contributed by atoms with E-state index in [4.69, 9.17) is 9.47 Å². The molecule has 182 valence electrons. The van der Waals surface area contributed by atoms with Crippen molar-refractivity contribution in [3.63, 3.8) is 0 Å². The Morgan fingerprint density at radius 1 is 1.09 bits per heavy atom. The summed E-state index contributed by atoms with van der Waals surface area (Å²) in [5.74, 6) is -2.05. The third-order valence-corrected chi connectivity index (χ3v) is 7.02. The van der Waals surface area contributed by atoms with E-state index < -0.39 is 34.8 Å². The van der Waals surface area contributed by atoms with E-state index in [-0.39, 0.29) is 33.4 Å². The van der Waals surface area contributed by atoms with Gasteiger partial charge in [-0.15, -0.1) is 8.78 Å². The van der Waals surface area contributed by atoms with Crippen LogP contribution in [0.15, 0.2) is 41.3 Å². The van der Waals surface area contributed by atoms with Crippen LogP contribution in [0.4, 0.5) is 14.5 Å². The molecule has 1 fully saturated rings. The molecule has 0 unspecified atom stereocenters. The van der Waals surface area contributed by atoms with Crippen LogP contribution in [-0.2, 0) is 19.6 Å². The molecule has 34 heavy (non-hydrogen) atoms. The van der Waals surface area contributed by atoms with E-state index in [2.05, 4.69) is 14.8 Å². The number of nitrogens with one attached hydrogen (secondary N) is 1. The number of benzene rings is 2. The van der Waals surface area contributed by atoms with Crippen LogP contribution in [0.3, 0.4) is 0 Å². The van der Waals surface area contributed by atoms with Crippen molar-refractivity contribution in [2.75, 3.05) is 32.1 Å². The number of carbonyl (C=O) groups excluding carboxylic acids is 2. The minimum absolute atomic E-state index is 0.0783. The lowest BCUT2D eigenvalue weighted by molar-refractivity contribution is -0.286. The summed E-state index contributed by atoms with van der Waals surface area (Å²) in [6.45, 7) is 0.0410. The first-order valence-electron chi connectivity index (χ1n) is 10.1. The predicted molar refractivity (Wildman–Crippen MR) is 113 cm³/mol. The van der Waals surface area contributed by atoms with Crippen molar-refractivity contribution in [2.24, 2.45) is 0 Å². The molecule has 0 aliphatic carbocycles. The molecule has 1 saturated heterocycles. The van der Waals surface area contributed by atoms with E-state index in [0.29, 0.717) is 13.1 Å². The van der Waals surface area contributed by atoms with Gasteiger partial charge in [-0.3, -0.25) is 4.79 Å². The highest BCUT2D eigenvalue weighted by Gasteiger charge is 2.43. The van der Waals surface area contributed by atoms with Gasteiger partial charge in [-0.25, -0.2) is 13.2 Å². The predicted octanol–water partition coefficient (Wildman–Crippen LogP) is 2.60. The Morgan fingerprint density at radius 3 is 2.50 bits per heavy atom. The van der Waals surface area contributed by atoms with Gasteiger partial charge in [-0.05, 0) is 43.2 Å². The number of sulfonamides is 1. The first-order valence-corrected chi connectivity index (χ1v) is 11.6. The molecule has 13 heteroatoms. The van der Waals surface area contributed by atoms with Crippen LogP contribution in [0, 0.1) is 0 Å². The van der Waals surface area contributed by atoms with Crippen molar-refractivity contribution in [3.8, 4) is 17.2 Å². The molecular weight excluding hydrogens is 478 g/mol. The maximum Gasteiger partial charge on any atom is 0.586 e. The maximum atomic E-state index is 13.1. The van der Waals surface area contributed by atoms with E-state index in [1.807, 2.05) is 0 Å². The van der Waals surface area contributed by atoms with Crippen molar-refractivity contribution in [3.05, 3.63) is 42.0 Å². The van der Waals surface area contributed by atoms with Gasteiger partial charge in [0, 0.05) is 24.8 Å². The highest BCUT2D eigenvalue weighted by Crippen LogP contribution is 2.42. The quantitative estimate of drug-likeness (QED) is 0.579. The molecule has 0 atom stereocenters. The van der Waals surface area contributed by atoms with Crippen molar-refractivity contribution in [1.29, 1.82) is 0 Å². The summed E-state index contributed by atoms with van der Waals surface area (Å²) in [5, 5.41) is 2.38. The number of hydrogen-bond donors (Lipinski definition) is 1. The zero-order valence-corrected chi connectivity index (χ0v) is 18.7. The van der Waals surface area contributed by atoms with Gasteiger partial charge in [0.25, 0.3) is 5.91 Å². The number of hydrogen-bond acceptors (Lipinski definition) is 8. The fraction of sp³-hybridized carbons (Fsp3) is 0.333. The second kappa shape index (κ2) is 9.06. The standard InChI is InChI=1S/C21H20F2N2O8S/c1-30-16-6-4-13(10-18(16)34(28,29)25-8-2-3-9-25)20(27)31-12-19(26)24-14-5-7-15-17(11-14)33-21(22,23)32-15/h4-7,10-11H,2-3,8-9,12H2,1H3,(H,24,26). The minimum atomic E-state index is -3.88. The number of ether oxygens (including phenoxy) is 4. The van der Waals surface area contributed by atoms with Crippen LogP contribution < -0.4 is 19.5 Å². The molecule has 2 aromatic rings. The zero-order chi connectivity index (χ0) is 24.5. The lowest BCUT2D eigenvalue weighted by Crippen LogP contribution is -2.28. The van der Waals surface area contributed by atoms with Gasteiger partial charge in [0.1, 0.15) is 10.6 Å². The third-order valence-electron chi connectivity index (χ3n) is 5.10. The number of amides is 1. The Hall–Kier alpha value is -3.45. The van der Waals surface area contributed by atoms with E-state index in [1.165, 1.54) is 35.7 Å². The van der Waals surface area contributed by atoms with Gasteiger partial charge in [-0.1, -0.05) is 0 Å². The summed E-state index contributed by atoms with van der Waals surface area (Å²) in [6, 6.07) is 7.43. The molecule has 0 saturated carbocycles. The van der Waals surface area contributed by atoms with Gasteiger partial charge >= 0.3 is 12.3 Å². The summed E-state index contributed by atoms with van der Waals surface area (Å²) in [6.07, 6.45) is -2.31. The van der Waals surface area contributed by atoms with E-state index in [1.54, 1.807) is 0 Å². The van der Waals surface area contributed by atoms with Gasteiger partial charge < -0.3 is 24.3 Å². The summed E-state index contributed by atoms with van der Waals surface area (Å²) < 4.78 is 72.1. The number of rotatable bonds is 7. The molecule has 10 nitrogen and oxygen atoms in total. The number of anilines is 1. The van der Waals surface area contributed by atoms with Crippen molar-refractivity contribution in [2.45, 2.75) is 24.0 Å². The van der Waals surface area contributed by atoms with Crippen LogP contribution in [-0.4, -0.2) is 57.7 Å². The Labute approximate surface area is 193 Å². The van der Waals surface area contributed by atoms with Gasteiger partial charge in [0.05, 0.1) is 12.7 Å². The van der Waals surface area contributed by atoms with E-state index in [9.17, 15) is 26.8 Å². The van der Waals surface area contributed by atoms with E-state index >= 15 is 0 Å². The van der Waals surface area contributed by atoms with Crippen LogP contribution in [0.5, 0.6) is 17.2 Å². The minimum Gasteiger partial charge on any atom is -0.495 e. The molecule has 0 spiro atoms. The highest BCUT2D eigenvalue weighted by molar-refractivity contribution is 7.89. The lowest BCUT2D eigenvalue weighted by Gasteiger charge is -2.18.